The molecule has 0 aliphatic rings. The smallest absolute Gasteiger partial charge is 0.276 e. The number of pyridine rings is 1. The zero-order chi connectivity index (χ0) is 16.7. The third-order valence-electron chi connectivity index (χ3n) is 2.80. The van der Waals surface area contributed by atoms with E-state index in [0.29, 0.717) is 30.4 Å². The van der Waals surface area contributed by atoms with Crippen molar-refractivity contribution >= 4 is 5.96 Å². The maximum atomic E-state index is 5.23. The van der Waals surface area contributed by atoms with Crippen LogP contribution in [0.15, 0.2) is 33.9 Å². The van der Waals surface area contributed by atoms with Crippen LogP contribution in [0.25, 0.3) is 11.6 Å². The van der Waals surface area contributed by atoms with E-state index >= 15 is 0 Å². The summed E-state index contributed by atoms with van der Waals surface area (Å²) in [5, 5.41) is 10.5. The molecule has 2 aromatic rings. The summed E-state index contributed by atoms with van der Waals surface area (Å²) < 4.78 is 5.23. The Kier molecular flexibility index (Phi) is 5.67. The standard InChI is InChI=1S/C16H24N6O/c1-5-17-15(21-16(2,3)4)19-11-9-13-20-14(23-22-13)12-8-6-7-10-18-12/h6-8,10H,5,9,11H2,1-4H3,(H2,17,19,21). The Morgan fingerprint density at radius 1 is 1.30 bits per heavy atom. The van der Waals surface area contributed by atoms with Crippen LogP contribution in [0.1, 0.15) is 33.5 Å². The minimum absolute atomic E-state index is 0.0424. The van der Waals surface area contributed by atoms with Gasteiger partial charge < -0.3 is 15.2 Å². The molecule has 2 heterocycles. The summed E-state index contributed by atoms with van der Waals surface area (Å²) >= 11 is 0. The van der Waals surface area contributed by atoms with E-state index in [-0.39, 0.29) is 5.54 Å². The Morgan fingerprint density at radius 2 is 2.13 bits per heavy atom. The lowest BCUT2D eigenvalue weighted by atomic mass is 10.1. The molecular formula is C16H24N6O. The average Bonchev–Trinajstić information content (AvgIpc) is 2.96. The van der Waals surface area contributed by atoms with Crippen molar-refractivity contribution in [1.82, 2.24) is 25.8 Å². The molecule has 2 rings (SSSR count). The monoisotopic (exact) mass is 316 g/mol. The first-order valence-electron chi connectivity index (χ1n) is 7.78. The van der Waals surface area contributed by atoms with Gasteiger partial charge in [0.1, 0.15) is 5.69 Å². The van der Waals surface area contributed by atoms with E-state index < -0.39 is 0 Å². The van der Waals surface area contributed by atoms with Crippen molar-refractivity contribution in [2.45, 2.75) is 39.7 Å². The Bertz CT molecular complexity index is 630. The highest BCUT2D eigenvalue weighted by molar-refractivity contribution is 5.80. The largest absolute Gasteiger partial charge is 0.357 e. The molecule has 124 valence electrons. The van der Waals surface area contributed by atoms with Crippen LogP contribution in [0.4, 0.5) is 0 Å². The lowest BCUT2D eigenvalue weighted by Gasteiger charge is -2.23. The molecule has 0 spiro atoms. The lowest BCUT2D eigenvalue weighted by Crippen LogP contribution is -2.47. The number of rotatable bonds is 5. The van der Waals surface area contributed by atoms with Crippen molar-refractivity contribution in [3.8, 4) is 11.6 Å². The van der Waals surface area contributed by atoms with E-state index in [1.807, 2.05) is 25.1 Å². The van der Waals surface area contributed by atoms with Crippen molar-refractivity contribution in [2.24, 2.45) is 4.99 Å². The molecule has 23 heavy (non-hydrogen) atoms. The van der Waals surface area contributed by atoms with Crippen LogP contribution >= 0.6 is 0 Å². The first-order valence-corrected chi connectivity index (χ1v) is 7.78. The van der Waals surface area contributed by atoms with Crippen LogP contribution in [0.2, 0.25) is 0 Å². The second-order valence-corrected chi connectivity index (χ2v) is 6.12. The van der Waals surface area contributed by atoms with E-state index in [0.717, 1.165) is 12.5 Å². The molecule has 0 saturated heterocycles. The van der Waals surface area contributed by atoms with E-state index in [4.69, 9.17) is 4.52 Å². The van der Waals surface area contributed by atoms with Gasteiger partial charge in [0.2, 0.25) is 0 Å². The summed E-state index contributed by atoms with van der Waals surface area (Å²) in [7, 11) is 0. The van der Waals surface area contributed by atoms with Crippen molar-refractivity contribution in [2.75, 3.05) is 13.1 Å². The maximum Gasteiger partial charge on any atom is 0.276 e. The Balaban J connectivity index is 1.95. The van der Waals surface area contributed by atoms with E-state index in [1.54, 1.807) is 6.20 Å². The predicted molar refractivity (Wildman–Crippen MR) is 90.1 cm³/mol. The number of hydrogen-bond acceptors (Lipinski definition) is 5. The lowest BCUT2D eigenvalue weighted by molar-refractivity contribution is 0.421. The van der Waals surface area contributed by atoms with Crippen LogP contribution < -0.4 is 10.6 Å². The number of aromatic nitrogens is 3. The molecule has 0 unspecified atom stereocenters. The van der Waals surface area contributed by atoms with Crippen LogP contribution in [0, 0.1) is 0 Å². The molecule has 0 fully saturated rings. The molecule has 0 saturated carbocycles. The summed E-state index contributed by atoms with van der Waals surface area (Å²) in [5.41, 5.74) is 0.636. The highest BCUT2D eigenvalue weighted by atomic mass is 16.5. The summed E-state index contributed by atoms with van der Waals surface area (Å²) in [6.45, 7) is 9.72. The third kappa shape index (κ3) is 5.69. The first kappa shape index (κ1) is 16.9. The maximum absolute atomic E-state index is 5.23. The van der Waals surface area contributed by atoms with Crippen LogP contribution in [0.3, 0.4) is 0 Å². The molecule has 7 nitrogen and oxygen atoms in total. The topological polar surface area (TPSA) is 88.2 Å². The van der Waals surface area contributed by atoms with Gasteiger partial charge in [0.25, 0.3) is 5.89 Å². The minimum Gasteiger partial charge on any atom is -0.357 e. The molecule has 0 aromatic carbocycles. The fourth-order valence-corrected chi connectivity index (χ4v) is 1.88. The zero-order valence-corrected chi connectivity index (χ0v) is 14.1. The molecule has 7 heteroatoms. The quantitative estimate of drug-likeness (QED) is 0.648. The Morgan fingerprint density at radius 3 is 2.78 bits per heavy atom. The molecule has 0 aliphatic carbocycles. The molecule has 2 N–H and O–H groups in total. The second-order valence-electron chi connectivity index (χ2n) is 6.12. The number of aliphatic imine (C=N–C) groups is 1. The Labute approximate surface area is 136 Å². The van der Waals surface area contributed by atoms with E-state index in [1.165, 1.54) is 0 Å². The second kappa shape index (κ2) is 7.71. The third-order valence-corrected chi connectivity index (χ3v) is 2.80. The molecule has 2 aromatic heterocycles. The molecule has 0 bridgehead atoms. The van der Waals surface area contributed by atoms with Crippen LogP contribution in [-0.4, -0.2) is 39.7 Å². The fourth-order valence-electron chi connectivity index (χ4n) is 1.88. The number of guanidine groups is 1. The van der Waals surface area contributed by atoms with Gasteiger partial charge in [-0.3, -0.25) is 9.98 Å². The normalized spacial score (nSPS) is 12.3. The SMILES string of the molecule is CCNC(=NCCc1noc(-c2ccccn2)n1)NC(C)(C)C. The highest BCUT2D eigenvalue weighted by Crippen LogP contribution is 2.13. The van der Waals surface area contributed by atoms with Gasteiger partial charge in [-0.05, 0) is 39.8 Å². The van der Waals surface area contributed by atoms with Crippen molar-refractivity contribution < 1.29 is 4.52 Å². The molecule has 0 radical (unpaired) electrons. The van der Waals surface area contributed by atoms with E-state index in [9.17, 15) is 0 Å². The molecule has 0 aliphatic heterocycles. The summed E-state index contributed by atoms with van der Waals surface area (Å²) in [6, 6.07) is 5.57. The summed E-state index contributed by atoms with van der Waals surface area (Å²) in [4.78, 5) is 13.1. The fraction of sp³-hybridized carbons (Fsp3) is 0.500. The molecule has 0 atom stereocenters. The van der Waals surface area contributed by atoms with Crippen molar-refractivity contribution in [3.05, 3.63) is 30.2 Å². The van der Waals surface area contributed by atoms with Gasteiger partial charge in [-0.2, -0.15) is 4.98 Å². The van der Waals surface area contributed by atoms with Gasteiger partial charge in [-0.1, -0.05) is 11.2 Å². The van der Waals surface area contributed by atoms with Crippen LogP contribution in [-0.2, 0) is 6.42 Å². The molecule has 0 amide bonds. The minimum atomic E-state index is -0.0424. The van der Waals surface area contributed by atoms with Crippen molar-refractivity contribution in [3.63, 3.8) is 0 Å². The first-order chi connectivity index (χ1) is 11.0. The van der Waals surface area contributed by atoms with E-state index in [2.05, 4.69) is 51.5 Å². The van der Waals surface area contributed by atoms with Gasteiger partial charge in [0.15, 0.2) is 11.8 Å². The summed E-state index contributed by atoms with van der Waals surface area (Å²) in [6.07, 6.45) is 2.31. The van der Waals surface area contributed by atoms with Gasteiger partial charge in [-0.25, -0.2) is 0 Å². The number of nitrogens with zero attached hydrogens (tertiary/aromatic N) is 4. The number of hydrogen-bond donors (Lipinski definition) is 2. The Hall–Kier alpha value is -2.44. The highest BCUT2D eigenvalue weighted by Gasteiger charge is 2.12. The van der Waals surface area contributed by atoms with Gasteiger partial charge in [0, 0.05) is 31.2 Å². The van der Waals surface area contributed by atoms with Crippen molar-refractivity contribution in [1.29, 1.82) is 0 Å². The summed E-state index contributed by atoms with van der Waals surface area (Å²) in [5.74, 6) is 1.85. The zero-order valence-electron chi connectivity index (χ0n) is 14.1. The van der Waals surface area contributed by atoms with Crippen LogP contribution in [0.5, 0.6) is 0 Å². The average molecular weight is 316 g/mol. The van der Waals surface area contributed by atoms with Gasteiger partial charge in [0.05, 0.1) is 0 Å². The van der Waals surface area contributed by atoms with Gasteiger partial charge >= 0.3 is 0 Å². The number of nitrogens with one attached hydrogen (secondary N) is 2. The predicted octanol–water partition coefficient (Wildman–Crippen LogP) is 2.03. The molecular weight excluding hydrogens is 292 g/mol. The van der Waals surface area contributed by atoms with Gasteiger partial charge in [-0.15, -0.1) is 0 Å².